The largest absolute Gasteiger partial charge is 0.309 e. The average Bonchev–Trinajstić information content (AvgIpc) is 3.06. The maximum atomic E-state index is 4.55. The highest BCUT2D eigenvalue weighted by molar-refractivity contribution is 7.06. The molecule has 3 heteroatoms. The SMILES string of the molecule is Cc1ccccc1-c1cc(CNC2CC2)sn1. The van der Waals surface area contributed by atoms with E-state index in [1.807, 2.05) is 0 Å². The molecule has 1 saturated carbocycles. The Morgan fingerprint density at radius 2 is 2.18 bits per heavy atom. The van der Waals surface area contributed by atoms with Gasteiger partial charge in [0.1, 0.15) is 0 Å². The second-order valence-electron chi connectivity index (χ2n) is 4.65. The fraction of sp³-hybridized carbons (Fsp3) is 0.357. The Balaban J connectivity index is 1.77. The molecule has 1 aliphatic rings. The fourth-order valence-electron chi connectivity index (χ4n) is 1.92. The van der Waals surface area contributed by atoms with E-state index in [0.717, 1.165) is 18.3 Å². The number of benzene rings is 1. The van der Waals surface area contributed by atoms with Gasteiger partial charge in [0.25, 0.3) is 0 Å². The summed E-state index contributed by atoms with van der Waals surface area (Å²) in [4.78, 5) is 1.33. The molecule has 0 unspecified atom stereocenters. The van der Waals surface area contributed by atoms with Crippen molar-refractivity contribution in [1.29, 1.82) is 0 Å². The second kappa shape index (κ2) is 4.59. The summed E-state index contributed by atoms with van der Waals surface area (Å²) in [7, 11) is 0. The van der Waals surface area contributed by atoms with Gasteiger partial charge < -0.3 is 5.32 Å². The molecule has 0 amide bonds. The quantitative estimate of drug-likeness (QED) is 0.892. The third-order valence-electron chi connectivity index (χ3n) is 3.12. The Labute approximate surface area is 106 Å². The first-order chi connectivity index (χ1) is 8.33. The van der Waals surface area contributed by atoms with Gasteiger partial charge in [0.05, 0.1) is 5.69 Å². The number of hydrogen-bond acceptors (Lipinski definition) is 3. The summed E-state index contributed by atoms with van der Waals surface area (Å²) in [5.41, 5.74) is 3.65. The summed E-state index contributed by atoms with van der Waals surface area (Å²) in [6.45, 7) is 3.10. The standard InChI is InChI=1S/C14H16N2S/c1-10-4-2-3-5-13(10)14-8-12(17-16-14)9-15-11-6-7-11/h2-5,8,11,15H,6-7,9H2,1H3. The van der Waals surface area contributed by atoms with Crippen LogP contribution >= 0.6 is 11.5 Å². The number of nitrogens with one attached hydrogen (secondary N) is 1. The Morgan fingerprint density at radius 3 is 2.94 bits per heavy atom. The molecule has 1 heterocycles. The van der Waals surface area contributed by atoms with Gasteiger partial charge in [-0.05, 0) is 42.9 Å². The van der Waals surface area contributed by atoms with E-state index in [4.69, 9.17) is 0 Å². The molecular formula is C14H16N2S. The molecule has 0 radical (unpaired) electrons. The fourth-order valence-corrected chi connectivity index (χ4v) is 2.59. The van der Waals surface area contributed by atoms with Crippen LogP contribution < -0.4 is 5.32 Å². The number of aromatic nitrogens is 1. The maximum absolute atomic E-state index is 4.55. The lowest BCUT2D eigenvalue weighted by molar-refractivity contribution is 0.695. The summed E-state index contributed by atoms with van der Waals surface area (Å²) in [6, 6.07) is 11.4. The van der Waals surface area contributed by atoms with Gasteiger partial charge in [0, 0.05) is 23.0 Å². The lowest BCUT2D eigenvalue weighted by Crippen LogP contribution is -2.14. The molecule has 0 bridgehead atoms. The average molecular weight is 244 g/mol. The van der Waals surface area contributed by atoms with Crippen molar-refractivity contribution in [3.8, 4) is 11.3 Å². The van der Waals surface area contributed by atoms with Crippen molar-refractivity contribution in [2.24, 2.45) is 0 Å². The molecular weight excluding hydrogens is 228 g/mol. The lowest BCUT2D eigenvalue weighted by Gasteiger charge is -2.00. The van der Waals surface area contributed by atoms with Crippen molar-refractivity contribution >= 4 is 11.5 Å². The van der Waals surface area contributed by atoms with E-state index < -0.39 is 0 Å². The number of hydrogen-bond donors (Lipinski definition) is 1. The van der Waals surface area contributed by atoms with Gasteiger partial charge >= 0.3 is 0 Å². The van der Waals surface area contributed by atoms with Crippen LogP contribution in [0.3, 0.4) is 0 Å². The monoisotopic (exact) mass is 244 g/mol. The van der Waals surface area contributed by atoms with Gasteiger partial charge in [0.2, 0.25) is 0 Å². The zero-order valence-electron chi connectivity index (χ0n) is 9.94. The van der Waals surface area contributed by atoms with Gasteiger partial charge in [0.15, 0.2) is 0 Å². The summed E-state index contributed by atoms with van der Waals surface area (Å²) >= 11 is 1.61. The van der Waals surface area contributed by atoms with Crippen LogP contribution in [0, 0.1) is 6.92 Å². The molecule has 1 fully saturated rings. The van der Waals surface area contributed by atoms with E-state index in [2.05, 4.69) is 46.9 Å². The van der Waals surface area contributed by atoms with Crippen LogP contribution in [0.5, 0.6) is 0 Å². The summed E-state index contributed by atoms with van der Waals surface area (Å²) < 4.78 is 4.55. The molecule has 2 nitrogen and oxygen atoms in total. The van der Waals surface area contributed by atoms with E-state index in [0.29, 0.717) is 0 Å². The third-order valence-corrected chi connectivity index (χ3v) is 3.91. The molecule has 88 valence electrons. The molecule has 1 aromatic heterocycles. The molecule has 1 N–H and O–H groups in total. The molecule has 0 saturated heterocycles. The molecule has 0 aliphatic heterocycles. The van der Waals surface area contributed by atoms with Crippen molar-refractivity contribution in [1.82, 2.24) is 9.69 Å². The smallest absolute Gasteiger partial charge is 0.0846 e. The molecule has 0 atom stereocenters. The van der Waals surface area contributed by atoms with Crippen LogP contribution in [-0.4, -0.2) is 10.4 Å². The Hall–Kier alpha value is -1.19. The van der Waals surface area contributed by atoms with Crippen LogP contribution in [0.4, 0.5) is 0 Å². The first kappa shape index (κ1) is 10.9. The van der Waals surface area contributed by atoms with Gasteiger partial charge in [-0.25, -0.2) is 0 Å². The molecule has 17 heavy (non-hydrogen) atoms. The van der Waals surface area contributed by atoms with Crippen LogP contribution in [-0.2, 0) is 6.54 Å². The minimum atomic E-state index is 0.763. The third kappa shape index (κ3) is 2.56. The highest BCUT2D eigenvalue weighted by atomic mass is 32.1. The Bertz CT molecular complexity index is 514. The maximum Gasteiger partial charge on any atom is 0.0846 e. The van der Waals surface area contributed by atoms with E-state index in [-0.39, 0.29) is 0 Å². The van der Waals surface area contributed by atoms with Crippen LogP contribution in [0.25, 0.3) is 11.3 Å². The van der Waals surface area contributed by atoms with E-state index in [1.54, 1.807) is 11.5 Å². The normalized spacial score (nSPS) is 15.1. The summed E-state index contributed by atoms with van der Waals surface area (Å²) in [6.07, 6.45) is 2.67. The zero-order valence-corrected chi connectivity index (χ0v) is 10.8. The predicted molar refractivity (Wildman–Crippen MR) is 72.1 cm³/mol. The summed E-state index contributed by atoms with van der Waals surface area (Å²) in [5.74, 6) is 0. The van der Waals surface area contributed by atoms with Crippen molar-refractivity contribution in [2.75, 3.05) is 0 Å². The summed E-state index contributed by atoms with van der Waals surface area (Å²) in [5, 5.41) is 3.52. The van der Waals surface area contributed by atoms with Crippen molar-refractivity contribution in [2.45, 2.75) is 32.4 Å². The molecule has 0 spiro atoms. The topological polar surface area (TPSA) is 24.9 Å². The van der Waals surface area contributed by atoms with Crippen LogP contribution in [0.1, 0.15) is 23.3 Å². The number of aryl methyl sites for hydroxylation is 1. The molecule has 1 aliphatic carbocycles. The highest BCUT2D eigenvalue weighted by Crippen LogP contribution is 2.25. The van der Waals surface area contributed by atoms with Gasteiger partial charge in [-0.1, -0.05) is 24.3 Å². The van der Waals surface area contributed by atoms with E-state index in [1.165, 1.54) is 28.8 Å². The predicted octanol–water partition coefficient (Wildman–Crippen LogP) is 3.37. The van der Waals surface area contributed by atoms with Crippen molar-refractivity contribution < 1.29 is 0 Å². The molecule has 3 rings (SSSR count). The van der Waals surface area contributed by atoms with E-state index in [9.17, 15) is 0 Å². The first-order valence-corrected chi connectivity index (χ1v) is 6.85. The Kier molecular flexibility index (Phi) is 2.95. The highest BCUT2D eigenvalue weighted by Gasteiger charge is 2.20. The lowest BCUT2D eigenvalue weighted by atomic mass is 10.1. The molecule has 1 aromatic carbocycles. The first-order valence-electron chi connectivity index (χ1n) is 6.08. The van der Waals surface area contributed by atoms with Crippen molar-refractivity contribution in [3.05, 3.63) is 40.8 Å². The number of rotatable bonds is 4. The Morgan fingerprint density at radius 1 is 1.35 bits per heavy atom. The van der Waals surface area contributed by atoms with Gasteiger partial charge in [-0.3, -0.25) is 0 Å². The van der Waals surface area contributed by atoms with Crippen LogP contribution in [0.2, 0.25) is 0 Å². The minimum Gasteiger partial charge on any atom is -0.309 e. The van der Waals surface area contributed by atoms with Gasteiger partial charge in [-0.2, -0.15) is 4.37 Å². The second-order valence-corrected chi connectivity index (χ2v) is 5.54. The van der Waals surface area contributed by atoms with Crippen LogP contribution in [0.15, 0.2) is 30.3 Å². The van der Waals surface area contributed by atoms with Crippen molar-refractivity contribution in [3.63, 3.8) is 0 Å². The van der Waals surface area contributed by atoms with E-state index >= 15 is 0 Å². The number of nitrogens with zero attached hydrogens (tertiary/aromatic N) is 1. The minimum absolute atomic E-state index is 0.763. The molecule has 2 aromatic rings. The van der Waals surface area contributed by atoms with Gasteiger partial charge in [-0.15, -0.1) is 0 Å². The zero-order chi connectivity index (χ0) is 11.7.